The molecule has 2 rings (SSSR count). The lowest BCUT2D eigenvalue weighted by molar-refractivity contribution is 0.112. The summed E-state index contributed by atoms with van der Waals surface area (Å²) in [5.74, 6) is 0. The molecule has 0 unspecified atom stereocenters. The Morgan fingerprint density at radius 1 is 1.14 bits per heavy atom. The molecule has 0 spiro atoms. The van der Waals surface area contributed by atoms with Crippen LogP contribution < -0.4 is 5.46 Å². The third-order valence-corrected chi connectivity index (χ3v) is 2.32. The van der Waals surface area contributed by atoms with Gasteiger partial charge in [0, 0.05) is 5.56 Å². The van der Waals surface area contributed by atoms with Crippen LogP contribution in [0.5, 0.6) is 0 Å². The van der Waals surface area contributed by atoms with Crippen molar-refractivity contribution in [3.05, 3.63) is 41.5 Å². The Bertz CT molecular complexity index is 503. The number of aryl methyl sites for hydroxylation is 1. The van der Waals surface area contributed by atoms with E-state index in [0.717, 1.165) is 17.1 Å². The fourth-order valence-corrected chi connectivity index (χ4v) is 1.55. The van der Waals surface area contributed by atoms with Crippen LogP contribution in [0.1, 0.15) is 15.9 Å². The topological polar surface area (TPSA) is 17.1 Å². The van der Waals surface area contributed by atoms with Gasteiger partial charge in [-0.1, -0.05) is 35.3 Å². The summed E-state index contributed by atoms with van der Waals surface area (Å²) in [7, 11) is 5.70. The van der Waals surface area contributed by atoms with Gasteiger partial charge in [-0.2, -0.15) is 0 Å². The molecule has 2 aromatic rings. The maximum absolute atomic E-state index is 10.7. The zero-order valence-electron chi connectivity index (χ0n) is 7.95. The summed E-state index contributed by atoms with van der Waals surface area (Å²) in [6, 6.07) is 9.74. The van der Waals surface area contributed by atoms with E-state index in [1.807, 2.05) is 37.3 Å². The van der Waals surface area contributed by atoms with Crippen LogP contribution in [0.3, 0.4) is 0 Å². The molecule has 0 heterocycles. The Hall–Kier alpha value is -1.57. The first-order valence-electron chi connectivity index (χ1n) is 4.46. The van der Waals surface area contributed by atoms with E-state index in [1.165, 1.54) is 5.56 Å². The molecule has 66 valence electrons. The van der Waals surface area contributed by atoms with Gasteiger partial charge in [0.2, 0.25) is 0 Å². The fourth-order valence-electron chi connectivity index (χ4n) is 1.55. The third-order valence-electron chi connectivity index (χ3n) is 2.32. The Morgan fingerprint density at radius 2 is 1.93 bits per heavy atom. The minimum atomic E-state index is 0.538. The zero-order chi connectivity index (χ0) is 10.1. The molecule has 0 saturated heterocycles. The highest BCUT2D eigenvalue weighted by Gasteiger charge is 1.99. The minimum Gasteiger partial charge on any atom is -0.298 e. The summed E-state index contributed by atoms with van der Waals surface area (Å²) in [4.78, 5) is 10.7. The Morgan fingerprint density at radius 3 is 2.64 bits per heavy atom. The maximum Gasteiger partial charge on any atom is 0.149 e. The standard InChI is InChI=1S/C12H9BO/c1-8-2-3-9-6-12(13)11(7-14)5-10(9)4-8/h2-7H,1H3. The van der Waals surface area contributed by atoms with E-state index in [1.54, 1.807) is 0 Å². The first-order chi connectivity index (χ1) is 6.70. The van der Waals surface area contributed by atoms with Gasteiger partial charge in [0.15, 0.2) is 0 Å². The van der Waals surface area contributed by atoms with Crippen molar-refractivity contribution in [3.63, 3.8) is 0 Å². The van der Waals surface area contributed by atoms with Crippen LogP contribution in [0, 0.1) is 6.92 Å². The number of carbonyl (C=O) groups is 1. The summed E-state index contributed by atoms with van der Waals surface area (Å²) in [5, 5.41) is 2.13. The molecule has 0 amide bonds. The average molecular weight is 180 g/mol. The van der Waals surface area contributed by atoms with E-state index < -0.39 is 0 Å². The molecule has 14 heavy (non-hydrogen) atoms. The molecule has 0 aliphatic rings. The van der Waals surface area contributed by atoms with Gasteiger partial charge in [0.1, 0.15) is 14.1 Å². The maximum atomic E-state index is 10.7. The Labute approximate surface area is 84.2 Å². The first-order valence-corrected chi connectivity index (χ1v) is 4.46. The summed E-state index contributed by atoms with van der Waals surface area (Å²) < 4.78 is 0. The van der Waals surface area contributed by atoms with Crippen LogP contribution >= 0.6 is 0 Å². The lowest BCUT2D eigenvalue weighted by atomic mass is 9.88. The van der Waals surface area contributed by atoms with E-state index in [4.69, 9.17) is 7.85 Å². The number of aldehydes is 1. The first kappa shape index (κ1) is 9.01. The van der Waals surface area contributed by atoms with Crippen LogP contribution in [0.15, 0.2) is 30.3 Å². The highest BCUT2D eigenvalue weighted by molar-refractivity contribution is 6.36. The molecule has 0 bridgehead atoms. The van der Waals surface area contributed by atoms with Gasteiger partial charge in [-0.05, 0) is 23.8 Å². The van der Waals surface area contributed by atoms with Gasteiger partial charge in [-0.25, -0.2) is 0 Å². The zero-order valence-corrected chi connectivity index (χ0v) is 7.95. The van der Waals surface area contributed by atoms with E-state index in [9.17, 15) is 4.79 Å². The number of fused-ring (bicyclic) bond motifs is 1. The van der Waals surface area contributed by atoms with Crippen molar-refractivity contribution in [2.45, 2.75) is 6.92 Å². The SMILES string of the molecule is [B]c1cc2ccc(C)cc2cc1C=O. The molecule has 1 nitrogen and oxygen atoms in total. The van der Waals surface area contributed by atoms with Crippen molar-refractivity contribution in [1.82, 2.24) is 0 Å². The van der Waals surface area contributed by atoms with Crippen molar-refractivity contribution in [2.75, 3.05) is 0 Å². The molecular formula is C12H9BO. The molecule has 0 N–H and O–H groups in total. The number of benzene rings is 2. The number of rotatable bonds is 1. The summed E-state index contributed by atoms with van der Waals surface area (Å²) in [6.45, 7) is 2.02. The monoisotopic (exact) mass is 180 g/mol. The number of carbonyl (C=O) groups excluding carboxylic acids is 1. The molecule has 0 fully saturated rings. The number of hydrogen-bond donors (Lipinski definition) is 0. The van der Waals surface area contributed by atoms with Gasteiger partial charge in [-0.15, -0.1) is 0 Å². The predicted octanol–water partition coefficient (Wildman–Crippen LogP) is 1.75. The molecule has 0 aliphatic carbocycles. The molecule has 0 saturated carbocycles. The lowest BCUT2D eigenvalue weighted by Crippen LogP contribution is -2.08. The van der Waals surface area contributed by atoms with Gasteiger partial charge in [-0.3, -0.25) is 4.79 Å². The van der Waals surface area contributed by atoms with Crippen molar-refractivity contribution < 1.29 is 4.79 Å². The quantitative estimate of drug-likeness (QED) is 0.482. The summed E-state index contributed by atoms with van der Waals surface area (Å²) in [5.41, 5.74) is 2.28. The molecule has 2 radical (unpaired) electrons. The van der Waals surface area contributed by atoms with Crippen molar-refractivity contribution in [3.8, 4) is 0 Å². The lowest BCUT2D eigenvalue weighted by Gasteiger charge is -2.03. The second kappa shape index (κ2) is 3.30. The normalized spacial score (nSPS) is 10.4. The van der Waals surface area contributed by atoms with Crippen LogP contribution in [0.2, 0.25) is 0 Å². The van der Waals surface area contributed by atoms with Crippen LogP contribution in [-0.2, 0) is 0 Å². The predicted molar refractivity (Wildman–Crippen MR) is 59.5 cm³/mol. The average Bonchev–Trinajstić information content (AvgIpc) is 2.17. The highest BCUT2D eigenvalue weighted by atomic mass is 16.1. The fraction of sp³-hybridized carbons (Fsp3) is 0.0833. The number of hydrogen-bond acceptors (Lipinski definition) is 1. The van der Waals surface area contributed by atoms with Crippen LogP contribution in [-0.4, -0.2) is 14.1 Å². The highest BCUT2D eigenvalue weighted by Crippen LogP contribution is 2.15. The van der Waals surface area contributed by atoms with Gasteiger partial charge in [0.05, 0.1) is 0 Å². The summed E-state index contributed by atoms with van der Waals surface area (Å²) in [6.07, 6.45) is 0.789. The second-order valence-corrected chi connectivity index (χ2v) is 3.45. The van der Waals surface area contributed by atoms with E-state index in [2.05, 4.69) is 0 Å². The van der Waals surface area contributed by atoms with Gasteiger partial charge < -0.3 is 0 Å². The Kier molecular flexibility index (Phi) is 2.12. The van der Waals surface area contributed by atoms with E-state index in [0.29, 0.717) is 11.0 Å². The van der Waals surface area contributed by atoms with Crippen molar-refractivity contribution >= 4 is 30.4 Å². The van der Waals surface area contributed by atoms with E-state index in [-0.39, 0.29) is 0 Å². The minimum absolute atomic E-state index is 0.538. The van der Waals surface area contributed by atoms with Crippen LogP contribution in [0.25, 0.3) is 10.8 Å². The smallest absolute Gasteiger partial charge is 0.149 e. The van der Waals surface area contributed by atoms with E-state index >= 15 is 0 Å². The molecule has 0 atom stereocenters. The molecule has 2 aromatic carbocycles. The van der Waals surface area contributed by atoms with Crippen molar-refractivity contribution in [1.29, 1.82) is 0 Å². The Balaban J connectivity index is 2.79. The second-order valence-electron chi connectivity index (χ2n) is 3.45. The summed E-state index contributed by atoms with van der Waals surface area (Å²) >= 11 is 0. The molecular weight excluding hydrogens is 171 g/mol. The largest absolute Gasteiger partial charge is 0.298 e. The third kappa shape index (κ3) is 1.44. The molecule has 0 aliphatic heterocycles. The molecule has 2 heteroatoms. The molecule has 0 aromatic heterocycles. The van der Waals surface area contributed by atoms with Crippen molar-refractivity contribution in [2.24, 2.45) is 0 Å². The van der Waals surface area contributed by atoms with Gasteiger partial charge in [0.25, 0.3) is 0 Å². The van der Waals surface area contributed by atoms with Gasteiger partial charge >= 0.3 is 0 Å². The van der Waals surface area contributed by atoms with Crippen LogP contribution in [0.4, 0.5) is 0 Å².